The van der Waals surface area contributed by atoms with Crippen LogP contribution in [0.1, 0.15) is 10.5 Å². The third-order valence-corrected chi connectivity index (χ3v) is 2.85. The number of aromatic nitrogens is 2. The number of rotatable bonds is 5. The minimum absolute atomic E-state index is 0.180. The van der Waals surface area contributed by atoms with Crippen molar-refractivity contribution < 1.29 is 4.79 Å². The molecule has 0 aliphatic carbocycles. The Morgan fingerprint density at radius 3 is 2.80 bits per heavy atom. The van der Waals surface area contributed by atoms with E-state index in [4.69, 9.17) is 5.73 Å². The molecule has 2 rings (SSSR count). The highest BCUT2D eigenvalue weighted by Gasteiger charge is 2.10. The Balaban J connectivity index is 2.06. The van der Waals surface area contributed by atoms with Gasteiger partial charge in [-0.1, -0.05) is 12.1 Å². The number of benzene rings is 1. The van der Waals surface area contributed by atoms with Gasteiger partial charge in [0, 0.05) is 19.3 Å². The molecule has 0 radical (unpaired) electrons. The molecule has 1 aromatic heterocycles. The van der Waals surface area contributed by atoms with Crippen LogP contribution in [-0.4, -0.2) is 47.8 Å². The molecule has 0 atom stereocenters. The van der Waals surface area contributed by atoms with Crippen molar-refractivity contribution in [3.63, 3.8) is 0 Å². The van der Waals surface area contributed by atoms with Crippen LogP contribution in [0.15, 0.2) is 36.5 Å². The number of carbonyl (C=O) groups is 1. The zero-order valence-electron chi connectivity index (χ0n) is 11.7. The number of nitrogens with two attached hydrogens (primary N) is 1. The fourth-order valence-corrected chi connectivity index (χ4v) is 1.76. The molecule has 0 bridgehead atoms. The molecule has 0 saturated heterocycles. The van der Waals surface area contributed by atoms with Gasteiger partial charge in [0.25, 0.3) is 5.91 Å². The van der Waals surface area contributed by atoms with Gasteiger partial charge in [-0.25, -0.2) is 4.68 Å². The first kappa shape index (κ1) is 14.1. The van der Waals surface area contributed by atoms with E-state index in [-0.39, 0.29) is 5.91 Å². The maximum Gasteiger partial charge on any atom is 0.271 e. The molecule has 0 saturated carbocycles. The summed E-state index contributed by atoms with van der Waals surface area (Å²) >= 11 is 0. The lowest BCUT2D eigenvalue weighted by atomic mass is 10.3. The number of amides is 1. The van der Waals surface area contributed by atoms with Gasteiger partial charge in [-0.3, -0.25) is 4.79 Å². The van der Waals surface area contributed by atoms with Crippen LogP contribution >= 0.6 is 0 Å². The number of hydrogen-bond acceptors (Lipinski definition) is 4. The average Bonchev–Trinajstić information content (AvgIpc) is 2.88. The second-order valence-corrected chi connectivity index (χ2v) is 4.76. The molecule has 0 spiro atoms. The highest BCUT2D eigenvalue weighted by atomic mass is 16.1. The Kier molecular flexibility index (Phi) is 4.37. The SMILES string of the molecule is CN(C)CCNC(=O)c1ccn(-c2ccccc2N)n1. The Labute approximate surface area is 118 Å². The van der Waals surface area contributed by atoms with E-state index in [0.717, 1.165) is 12.2 Å². The van der Waals surface area contributed by atoms with E-state index in [2.05, 4.69) is 10.4 Å². The number of nitrogen functional groups attached to an aromatic ring is 1. The summed E-state index contributed by atoms with van der Waals surface area (Å²) in [5, 5.41) is 7.07. The van der Waals surface area contributed by atoms with E-state index in [9.17, 15) is 4.79 Å². The molecule has 6 heteroatoms. The lowest BCUT2D eigenvalue weighted by Crippen LogP contribution is -2.31. The molecule has 1 aromatic carbocycles. The number of para-hydroxylation sites is 2. The van der Waals surface area contributed by atoms with Crippen LogP contribution in [0.3, 0.4) is 0 Å². The molecule has 3 N–H and O–H groups in total. The summed E-state index contributed by atoms with van der Waals surface area (Å²) < 4.78 is 1.61. The Hall–Kier alpha value is -2.34. The van der Waals surface area contributed by atoms with Gasteiger partial charge < -0.3 is 16.0 Å². The summed E-state index contributed by atoms with van der Waals surface area (Å²) in [6.07, 6.45) is 1.73. The van der Waals surface area contributed by atoms with Crippen molar-refractivity contribution in [2.24, 2.45) is 0 Å². The number of carbonyl (C=O) groups excluding carboxylic acids is 1. The molecule has 106 valence electrons. The predicted molar refractivity (Wildman–Crippen MR) is 78.9 cm³/mol. The smallest absolute Gasteiger partial charge is 0.271 e. The first-order valence-electron chi connectivity index (χ1n) is 6.41. The summed E-state index contributed by atoms with van der Waals surface area (Å²) in [6.45, 7) is 1.38. The molecule has 0 unspecified atom stereocenters. The van der Waals surface area contributed by atoms with E-state index in [0.29, 0.717) is 17.9 Å². The van der Waals surface area contributed by atoms with Gasteiger partial charge in [-0.05, 0) is 32.3 Å². The molecule has 1 heterocycles. The Bertz CT molecular complexity index is 591. The molecule has 2 aromatic rings. The summed E-state index contributed by atoms with van der Waals surface area (Å²) in [5.74, 6) is -0.180. The van der Waals surface area contributed by atoms with Gasteiger partial charge in [-0.15, -0.1) is 0 Å². The van der Waals surface area contributed by atoms with Crippen molar-refractivity contribution in [3.8, 4) is 5.69 Å². The van der Waals surface area contributed by atoms with Crippen LogP contribution < -0.4 is 11.1 Å². The predicted octanol–water partition coefficient (Wildman–Crippen LogP) is 0.746. The van der Waals surface area contributed by atoms with E-state index in [1.807, 2.05) is 37.2 Å². The number of nitrogens with one attached hydrogen (secondary N) is 1. The highest BCUT2D eigenvalue weighted by molar-refractivity contribution is 5.92. The number of nitrogens with zero attached hydrogens (tertiary/aromatic N) is 3. The van der Waals surface area contributed by atoms with Crippen LogP contribution in [-0.2, 0) is 0 Å². The standard InChI is InChI=1S/C14H19N5O/c1-18(2)10-8-16-14(20)12-7-9-19(17-12)13-6-4-3-5-11(13)15/h3-7,9H,8,10,15H2,1-2H3,(H,16,20). The lowest BCUT2D eigenvalue weighted by Gasteiger charge is -2.09. The first-order chi connectivity index (χ1) is 9.58. The molecule has 20 heavy (non-hydrogen) atoms. The summed E-state index contributed by atoms with van der Waals surface area (Å²) in [6, 6.07) is 9.07. The Morgan fingerprint density at radius 2 is 2.10 bits per heavy atom. The fraction of sp³-hybridized carbons (Fsp3) is 0.286. The molecule has 0 aliphatic rings. The lowest BCUT2D eigenvalue weighted by molar-refractivity contribution is 0.0945. The van der Waals surface area contributed by atoms with Crippen molar-refractivity contribution in [1.29, 1.82) is 0 Å². The average molecular weight is 273 g/mol. The van der Waals surface area contributed by atoms with E-state index in [1.165, 1.54) is 0 Å². The zero-order chi connectivity index (χ0) is 14.5. The van der Waals surface area contributed by atoms with Gasteiger partial charge >= 0.3 is 0 Å². The number of anilines is 1. The highest BCUT2D eigenvalue weighted by Crippen LogP contribution is 2.15. The third kappa shape index (κ3) is 3.36. The maximum absolute atomic E-state index is 11.9. The molecular weight excluding hydrogens is 254 g/mol. The topological polar surface area (TPSA) is 76.2 Å². The van der Waals surface area contributed by atoms with E-state index >= 15 is 0 Å². The normalized spacial score (nSPS) is 10.8. The minimum atomic E-state index is -0.180. The van der Waals surface area contributed by atoms with Crippen molar-refractivity contribution >= 4 is 11.6 Å². The quantitative estimate of drug-likeness (QED) is 0.788. The number of likely N-dealkylation sites (N-methyl/N-ethyl adjacent to an activating group) is 1. The van der Waals surface area contributed by atoms with Gasteiger partial charge in [0.2, 0.25) is 0 Å². The van der Waals surface area contributed by atoms with Crippen LogP contribution in [0.2, 0.25) is 0 Å². The second kappa shape index (κ2) is 6.21. The van der Waals surface area contributed by atoms with Crippen LogP contribution in [0.25, 0.3) is 5.69 Å². The van der Waals surface area contributed by atoms with Gasteiger partial charge in [0.1, 0.15) is 0 Å². The van der Waals surface area contributed by atoms with Gasteiger partial charge in [0.05, 0.1) is 11.4 Å². The van der Waals surface area contributed by atoms with Crippen LogP contribution in [0.5, 0.6) is 0 Å². The summed E-state index contributed by atoms with van der Waals surface area (Å²) in [4.78, 5) is 13.9. The van der Waals surface area contributed by atoms with E-state index < -0.39 is 0 Å². The van der Waals surface area contributed by atoms with Gasteiger partial charge in [0.15, 0.2) is 5.69 Å². The molecule has 6 nitrogen and oxygen atoms in total. The maximum atomic E-state index is 11.9. The van der Waals surface area contributed by atoms with Crippen molar-refractivity contribution in [1.82, 2.24) is 20.0 Å². The largest absolute Gasteiger partial charge is 0.397 e. The molecule has 0 fully saturated rings. The summed E-state index contributed by atoms with van der Waals surface area (Å²) in [5.41, 5.74) is 7.65. The Morgan fingerprint density at radius 1 is 1.35 bits per heavy atom. The molecular formula is C14H19N5O. The van der Waals surface area contributed by atoms with E-state index in [1.54, 1.807) is 23.0 Å². The van der Waals surface area contributed by atoms with Crippen molar-refractivity contribution in [3.05, 3.63) is 42.2 Å². The second-order valence-electron chi connectivity index (χ2n) is 4.76. The van der Waals surface area contributed by atoms with Crippen LogP contribution in [0.4, 0.5) is 5.69 Å². The fourth-order valence-electron chi connectivity index (χ4n) is 1.76. The van der Waals surface area contributed by atoms with Gasteiger partial charge in [-0.2, -0.15) is 5.10 Å². The van der Waals surface area contributed by atoms with Crippen LogP contribution in [0, 0.1) is 0 Å². The molecule has 1 amide bonds. The minimum Gasteiger partial charge on any atom is -0.397 e. The molecule has 0 aliphatic heterocycles. The number of hydrogen-bond donors (Lipinski definition) is 2. The first-order valence-corrected chi connectivity index (χ1v) is 6.41. The summed E-state index contributed by atoms with van der Waals surface area (Å²) in [7, 11) is 3.91. The third-order valence-electron chi connectivity index (χ3n) is 2.85. The monoisotopic (exact) mass is 273 g/mol. The zero-order valence-corrected chi connectivity index (χ0v) is 11.7. The van der Waals surface area contributed by atoms with Crippen molar-refractivity contribution in [2.75, 3.05) is 32.9 Å². The van der Waals surface area contributed by atoms with Crippen molar-refractivity contribution in [2.45, 2.75) is 0 Å².